The van der Waals surface area contributed by atoms with Gasteiger partial charge in [0.25, 0.3) is 0 Å². The molecule has 3 N–H and O–H groups in total. The molecular formula is C13H19N3O3. The molecule has 2 rings (SSSR count). The van der Waals surface area contributed by atoms with Crippen molar-refractivity contribution in [1.82, 2.24) is 10.2 Å². The van der Waals surface area contributed by atoms with Crippen molar-refractivity contribution in [2.24, 2.45) is 11.8 Å². The molecule has 1 saturated carbocycles. The molecule has 104 valence electrons. The first kappa shape index (κ1) is 13.7. The van der Waals surface area contributed by atoms with Gasteiger partial charge in [0, 0.05) is 13.2 Å². The van der Waals surface area contributed by atoms with E-state index in [1.54, 1.807) is 0 Å². The number of hydrogen-bond acceptors (Lipinski definition) is 5. The van der Waals surface area contributed by atoms with Crippen molar-refractivity contribution in [3.05, 3.63) is 17.8 Å². The van der Waals surface area contributed by atoms with Crippen molar-refractivity contribution in [3.8, 4) is 0 Å². The molecule has 0 spiro atoms. The Morgan fingerprint density at radius 3 is 2.79 bits per heavy atom. The highest BCUT2D eigenvalue weighted by Gasteiger charge is 2.24. The molecule has 2 unspecified atom stereocenters. The number of aliphatic hydroxyl groups is 1. The summed E-state index contributed by atoms with van der Waals surface area (Å²) in [5, 5.41) is 29.0. The summed E-state index contributed by atoms with van der Waals surface area (Å²) in [6.07, 6.45) is 5.78. The Morgan fingerprint density at radius 1 is 1.37 bits per heavy atom. The number of hydrogen-bond donors (Lipinski definition) is 3. The second kappa shape index (κ2) is 6.47. The lowest BCUT2D eigenvalue weighted by atomic mass is 9.79. The highest BCUT2D eigenvalue weighted by Crippen LogP contribution is 2.29. The largest absolute Gasteiger partial charge is 0.478 e. The van der Waals surface area contributed by atoms with Crippen molar-refractivity contribution in [2.75, 3.05) is 18.5 Å². The van der Waals surface area contributed by atoms with Crippen molar-refractivity contribution in [1.29, 1.82) is 0 Å². The van der Waals surface area contributed by atoms with E-state index in [2.05, 4.69) is 15.5 Å². The first-order valence-electron chi connectivity index (χ1n) is 6.62. The number of aliphatic hydroxyl groups excluding tert-OH is 1. The average Bonchev–Trinajstić information content (AvgIpc) is 2.45. The van der Waals surface area contributed by atoms with Gasteiger partial charge >= 0.3 is 5.97 Å². The molecule has 0 amide bonds. The predicted octanol–water partition coefficient (Wildman–Crippen LogP) is 1.39. The molecule has 1 heterocycles. The topological polar surface area (TPSA) is 95.3 Å². The van der Waals surface area contributed by atoms with Gasteiger partial charge in [-0.15, -0.1) is 5.10 Å². The Labute approximate surface area is 111 Å². The number of rotatable bonds is 5. The van der Waals surface area contributed by atoms with E-state index in [0.717, 1.165) is 25.7 Å². The molecule has 0 aromatic carbocycles. The van der Waals surface area contributed by atoms with Crippen LogP contribution in [0, 0.1) is 11.8 Å². The van der Waals surface area contributed by atoms with E-state index in [9.17, 15) is 9.90 Å². The van der Waals surface area contributed by atoms with Crippen molar-refractivity contribution in [3.63, 3.8) is 0 Å². The molecule has 1 fully saturated rings. The smallest absolute Gasteiger partial charge is 0.339 e. The summed E-state index contributed by atoms with van der Waals surface area (Å²) in [4.78, 5) is 11.0. The van der Waals surface area contributed by atoms with Crippen LogP contribution < -0.4 is 5.32 Å². The summed E-state index contributed by atoms with van der Waals surface area (Å²) in [6.45, 7) is 0.822. The minimum absolute atomic E-state index is 0.131. The van der Waals surface area contributed by atoms with Crippen LogP contribution in [0.15, 0.2) is 12.3 Å². The standard InChI is InChI=1S/C13H19N3O3/c17-8-10-4-2-1-3-9(10)7-14-12-11(13(18)19)5-6-15-16-12/h5-6,9-10,17H,1-4,7-8H2,(H,14,16)(H,18,19). The number of nitrogens with one attached hydrogen (secondary N) is 1. The first-order valence-corrected chi connectivity index (χ1v) is 6.62. The van der Waals surface area contributed by atoms with Gasteiger partial charge < -0.3 is 15.5 Å². The van der Waals surface area contributed by atoms with E-state index in [-0.39, 0.29) is 12.2 Å². The molecule has 0 aliphatic heterocycles. The van der Waals surface area contributed by atoms with Gasteiger partial charge in [-0.3, -0.25) is 0 Å². The van der Waals surface area contributed by atoms with Crippen LogP contribution in [0.1, 0.15) is 36.0 Å². The van der Waals surface area contributed by atoms with E-state index >= 15 is 0 Å². The van der Waals surface area contributed by atoms with Crippen LogP contribution in [0.4, 0.5) is 5.82 Å². The van der Waals surface area contributed by atoms with Crippen molar-refractivity contribution < 1.29 is 15.0 Å². The van der Waals surface area contributed by atoms with Crippen LogP contribution in [0.3, 0.4) is 0 Å². The Bertz CT molecular complexity index is 439. The molecule has 1 aliphatic rings. The van der Waals surface area contributed by atoms with Gasteiger partial charge in [0.1, 0.15) is 5.56 Å². The summed E-state index contributed by atoms with van der Waals surface area (Å²) in [7, 11) is 0. The molecule has 1 aromatic heterocycles. The Balaban J connectivity index is 2.00. The Morgan fingerprint density at radius 2 is 2.11 bits per heavy atom. The van der Waals surface area contributed by atoms with E-state index in [1.807, 2.05) is 0 Å². The second-order valence-corrected chi connectivity index (χ2v) is 4.97. The molecule has 1 aromatic rings. The third kappa shape index (κ3) is 3.41. The third-order valence-corrected chi connectivity index (χ3v) is 3.78. The molecule has 0 bridgehead atoms. The number of carboxylic acid groups (broad SMARTS) is 1. The number of aromatic carboxylic acids is 1. The summed E-state index contributed by atoms with van der Waals surface area (Å²) < 4.78 is 0. The van der Waals surface area contributed by atoms with Gasteiger partial charge in [-0.2, -0.15) is 5.10 Å². The first-order chi connectivity index (χ1) is 9.22. The van der Waals surface area contributed by atoms with Crippen LogP contribution >= 0.6 is 0 Å². The zero-order valence-electron chi connectivity index (χ0n) is 10.7. The maximum Gasteiger partial charge on any atom is 0.339 e. The molecule has 0 radical (unpaired) electrons. The summed E-state index contributed by atoms with van der Waals surface area (Å²) in [6, 6.07) is 1.43. The number of aromatic nitrogens is 2. The van der Waals surface area contributed by atoms with Gasteiger partial charge in [0.2, 0.25) is 0 Å². The van der Waals surface area contributed by atoms with Crippen LogP contribution in [0.2, 0.25) is 0 Å². The van der Waals surface area contributed by atoms with Gasteiger partial charge in [-0.1, -0.05) is 12.8 Å². The van der Waals surface area contributed by atoms with Gasteiger partial charge in [-0.05, 0) is 30.7 Å². The fourth-order valence-electron chi connectivity index (χ4n) is 2.66. The maximum atomic E-state index is 11.0. The Hall–Kier alpha value is -1.69. The fourth-order valence-corrected chi connectivity index (χ4v) is 2.66. The number of carboxylic acids is 1. The van der Waals surface area contributed by atoms with Crippen molar-refractivity contribution in [2.45, 2.75) is 25.7 Å². The van der Waals surface area contributed by atoms with E-state index in [1.165, 1.54) is 12.3 Å². The van der Waals surface area contributed by atoms with E-state index in [4.69, 9.17) is 5.11 Å². The molecule has 2 atom stereocenters. The normalized spacial score (nSPS) is 23.0. The molecule has 19 heavy (non-hydrogen) atoms. The van der Waals surface area contributed by atoms with Gasteiger partial charge in [0.05, 0.1) is 6.20 Å². The summed E-state index contributed by atoms with van der Waals surface area (Å²) >= 11 is 0. The Kier molecular flexibility index (Phi) is 4.68. The average molecular weight is 265 g/mol. The molecular weight excluding hydrogens is 246 g/mol. The minimum Gasteiger partial charge on any atom is -0.478 e. The minimum atomic E-state index is -1.01. The molecule has 1 aliphatic carbocycles. The highest BCUT2D eigenvalue weighted by atomic mass is 16.4. The fraction of sp³-hybridized carbons (Fsp3) is 0.615. The monoisotopic (exact) mass is 265 g/mol. The van der Waals surface area contributed by atoms with Gasteiger partial charge in [0.15, 0.2) is 5.82 Å². The summed E-state index contributed by atoms with van der Waals surface area (Å²) in [5.41, 5.74) is 0.131. The van der Waals surface area contributed by atoms with Crippen LogP contribution in [0.5, 0.6) is 0 Å². The summed E-state index contributed by atoms with van der Waals surface area (Å²) in [5.74, 6) is -0.0504. The lowest BCUT2D eigenvalue weighted by Gasteiger charge is -2.30. The third-order valence-electron chi connectivity index (χ3n) is 3.78. The number of anilines is 1. The van der Waals surface area contributed by atoms with E-state index < -0.39 is 5.97 Å². The quantitative estimate of drug-likeness (QED) is 0.744. The van der Waals surface area contributed by atoms with Crippen LogP contribution in [-0.2, 0) is 0 Å². The molecule has 0 saturated heterocycles. The maximum absolute atomic E-state index is 11.0. The van der Waals surface area contributed by atoms with Gasteiger partial charge in [-0.25, -0.2) is 4.79 Å². The molecule has 6 nitrogen and oxygen atoms in total. The lowest BCUT2D eigenvalue weighted by Crippen LogP contribution is -2.29. The number of nitrogens with zero attached hydrogens (tertiary/aromatic N) is 2. The number of carbonyl (C=O) groups is 1. The van der Waals surface area contributed by atoms with E-state index in [0.29, 0.717) is 24.2 Å². The SMILES string of the molecule is O=C(O)c1ccnnc1NCC1CCCCC1CO. The molecule has 6 heteroatoms. The lowest BCUT2D eigenvalue weighted by molar-refractivity contribution is 0.0697. The van der Waals surface area contributed by atoms with Crippen LogP contribution in [0.25, 0.3) is 0 Å². The zero-order chi connectivity index (χ0) is 13.7. The van der Waals surface area contributed by atoms with Crippen LogP contribution in [-0.4, -0.2) is 39.5 Å². The zero-order valence-corrected chi connectivity index (χ0v) is 10.7. The van der Waals surface area contributed by atoms with Crippen molar-refractivity contribution >= 4 is 11.8 Å². The highest BCUT2D eigenvalue weighted by molar-refractivity contribution is 5.92. The second-order valence-electron chi connectivity index (χ2n) is 4.97. The predicted molar refractivity (Wildman–Crippen MR) is 70.0 cm³/mol.